The Hall–Kier alpha value is -1.38. The van der Waals surface area contributed by atoms with Gasteiger partial charge in [0.05, 0.1) is 0 Å². The minimum absolute atomic E-state index is 0.0748. The summed E-state index contributed by atoms with van der Waals surface area (Å²) < 4.78 is 0. The average molecular weight is 313 g/mol. The molecule has 0 amide bonds. The molecule has 1 aromatic carbocycles. The summed E-state index contributed by atoms with van der Waals surface area (Å²) in [5, 5.41) is 3.78. The van der Waals surface area contributed by atoms with Crippen LogP contribution in [0.5, 0.6) is 0 Å². The van der Waals surface area contributed by atoms with Gasteiger partial charge in [0.2, 0.25) is 0 Å². The third-order valence-electron chi connectivity index (χ3n) is 4.13. The summed E-state index contributed by atoms with van der Waals surface area (Å²) in [5.74, 6) is 0. The molecule has 2 rings (SSSR count). The van der Waals surface area contributed by atoms with Crippen molar-refractivity contribution in [2.45, 2.75) is 52.1 Å². The second kappa shape index (κ2) is 6.62. The minimum Gasteiger partial charge on any atom is -0.305 e. The summed E-state index contributed by atoms with van der Waals surface area (Å²) in [5.41, 5.74) is 5.67. The Morgan fingerprint density at radius 2 is 1.70 bits per heavy atom. The third-order valence-corrected chi connectivity index (χ3v) is 4.13. The van der Waals surface area contributed by atoms with Crippen LogP contribution in [-0.4, -0.2) is 31.1 Å². The van der Waals surface area contributed by atoms with Crippen molar-refractivity contribution in [1.29, 1.82) is 0 Å². The van der Waals surface area contributed by atoms with E-state index in [-0.39, 0.29) is 11.1 Å². The lowest BCUT2D eigenvalue weighted by molar-refractivity contribution is 0.286. The van der Waals surface area contributed by atoms with Crippen LogP contribution >= 0.6 is 0 Å². The molecular weight excluding hydrogens is 280 g/mol. The molecular formula is C21H32N2. The van der Waals surface area contributed by atoms with Gasteiger partial charge in [-0.25, -0.2) is 0 Å². The summed E-state index contributed by atoms with van der Waals surface area (Å²) in [6.45, 7) is 12.2. The molecule has 126 valence electrons. The molecule has 0 heterocycles. The maximum absolute atomic E-state index is 3.78. The Morgan fingerprint density at radius 1 is 1.04 bits per heavy atom. The third kappa shape index (κ3) is 4.55. The molecule has 0 radical (unpaired) electrons. The van der Waals surface area contributed by atoms with Crippen LogP contribution in [0.4, 0.5) is 0 Å². The molecule has 0 aliphatic heterocycles. The lowest BCUT2D eigenvalue weighted by Gasteiger charge is -2.37. The van der Waals surface area contributed by atoms with Crippen molar-refractivity contribution in [2.24, 2.45) is 0 Å². The zero-order chi connectivity index (χ0) is 17.3. The fourth-order valence-corrected chi connectivity index (χ4v) is 3.62. The summed E-state index contributed by atoms with van der Waals surface area (Å²) in [7, 11) is 4.27. The van der Waals surface area contributed by atoms with Crippen molar-refractivity contribution in [3.8, 4) is 0 Å². The first kappa shape index (κ1) is 18.0. The summed E-state index contributed by atoms with van der Waals surface area (Å²) in [6.07, 6.45) is 5.61. The molecule has 0 fully saturated rings. The molecule has 1 aliphatic carbocycles. The van der Waals surface area contributed by atoms with Crippen LogP contribution in [0.2, 0.25) is 0 Å². The normalized spacial score (nSPS) is 15.8. The van der Waals surface area contributed by atoms with Gasteiger partial charge >= 0.3 is 0 Å². The predicted molar refractivity (Wildman–Crippen MR) is 102 cm³/mol. The van der Waals surface area contributed by atoms with Gasteiger partial charge in [0.15, 0.2) is 0 Å². The molecule has 1 N–H and O–H groups in total. The molecule has 0 saturated heterocycles. The first-order valence-electron chi connectivity index (χ1n) is 8.53. The van der Waals surface area contributed by atoms with Crippen molar-refractivity contribution in [1.82, 2.24) is 10.2 Å². The number of nitrogens with zero attached hydrogens (tertiary/aromatic N) is 1. The van der Waals surface area contributed by atoms with E-state index in [4.69, 9.17) is 0 Å². The molecule has 23 heavy (non-hydrogen) atoms. The van der Waals surface area contributed by atoms with Crippen LogP contribution in [0.1, 0.15) is 52.2 Å². The molecule has 0 bridgehead atoms. The zero-order valence-electron chi connectivity index (χ0n) is 15.8. The van der Waals surface area contributed by atoms with Gasteiger partial charge in [-0.1, -0.05) is 36.4 Å². The Morgan fingerprint density at radius 3 is 2.30 bits per heavy atom. The van der Waals surface area contributed by atoms with Crippen LogP contribution < -0.4 is 5.32 Å². The molecule has 2 heteroatoms. The van der Waals surface area contributed by atoms with Crippen molar-refractivity contribution in [3.05, 3.63) is 53.1 Å². The van der Waals surface area contributed by atoms with Gasteiger partial charge in [0.25, 0.3) is 0 Å². The second-order valence-electron chi connectivity index (χ2n) is 8.39. The van der Waals surface area contributed by atoms with E-state index in [9.17, 15) is 0 Å². The number of benzene rings is 1. The van der Waals surface area contributed by atoms with Gasteiger partial charge in [-0.15, -0.1) is 0 Å². The Balaban J connectivity index is 2.46. The maximum Gasteiger partial charge on any atom is 0.0387 e. The minimum atomic E-state index is -0.0757. The van der Waals surface area contributed by atoms with Gasteiger partial charge in [0.1, 0.15) is 0 Å². The van der Waals surface area contributed by atoms with E-state index in [0.717, 1.165) is 13.0 Å². The predicted octanol–water partition coefficient (Wildman–Crippen LogP) is 4.58. The zero-order valence-corrected chi connectivity index (χ0v) is 15.8. The monoisotopic (exact) mass is 312 g/mol. The number of nitrogens with one attached hydrogen (secondary N) is 1. The van der Waals surface area contributed by atoms with Crippen LogP contribution in [-0.2, 0) is 5.54 Å². The van der Waals surface area contributed by atoms with Crippen molar-refractivity contribution < 1.29 is 0 Å². The fraction of sp³-hybridized carbons (Fsp3) is 0.524. The highest BCUT2D eigenvalue weighted by Gasteiger charge is 2.29. The van der Waals surface area contributed by atoms with E-state index < -0.39 is 0 Å². The molecule has 0 saturated carbocycles. The highest BCUT2D eigenvalue weighted by atomic mass is 15.0. The SMILES string of the molecule is CN(C)CC1=C(c2ccccc2C(C)(C)NC(C)(C)C)CC=C1. The molecule has 0 aromatic heterocycles. The second-order valence-corrected chi connectivity index (χ2v) is 8.39. The van der Waals surface area contributed by atoms with Crippen molar-refractivity contribution in [2.75, 3.05) is 20.6 Å². The van der Waals surface area contributed by atoms with Crippen LogP contribution in [0.25, 0.3) is 5.57 Å². The van der Waals surface area contributed by atoms with E-state index in [0.29, 0.717) is 0 Å². The van der Waals surface area contributed by atoms with Gasteiger partial charge < -0.3 is 10.2 Å². The van der Waals surface area contributed by atoms with Gasteiger partial charge in [0, 0.05) is 17.6 Å². The van der Waals surface area contributed by atoms with Gasteiger partial charge in [-0.3, -0.25) is 0 Å². The number of hydrogen-bond acceptors (Lipinski definition) is 2. The summed E-state index contributed by atoms with van der Waals surface area (Å²) >= 11 is 0. The van der Waals surface area contributed by atoms with Crippen molar-refractivity contribution in [3.63, 3.8) is 0 Å². The Kier molecular flexibility index (Phi) is 5.17. The van der Waals surface area contributed by atoms with Crippen molar-refractivity contribution >= 4 is 5.57 Å². The number of rotatable bonds is 5. The van der Waals surface area contributed by atoms with E-state index in [1.807, 2.05) is 0 Å². The van der Waals surface area contributed by atoms with Crippen LogP contribution in [0, 0.1) is 0 Å². The molecule has 0 unspecified atom stereocenters. The van der Waals surface area contributed by atoms with Gasteiger partial charge in [-0.2, -0.15) is 0 Å². The van der Waals surface area contributed by atoms with Crippen LogP contribution in [0.3, 0.4) is 0 Å². The maximum atomic E-state index is 3.78. The average Bonchev–Trinajstić information content (AvgIpc) is 2.83. The first-order valence-corrected chi connectivity index (χ1v) is 8.53. The quantitative estimate of drug-likeness (QED) is 0.856. The van der Waals surface area contributed by atoms with E-state index >= 15 is 0 Å². The topological polar surface area (TPSA) is 15.3 Å². The van der Waals surface area contributed by atoms with Crippen LogP contribution in [0.15, 0.2) is 42.0 Å². The fourth-order valence-electron chi connectivity index (χ4n) is 3.62. The first-order chi connectivity index (χ1) is 10.6. The molecule has 1 aromatic rings. The Labute approximate surface area is 142 Å². The summed E-state index contributed by atoms with van der Waals surface area (Å²) in [6, 6.07) is 8.86. The van der Waals surface area contributed by atoms with E-state index in [2.05, 4.69) is 95.3 Å². The summed E-state index contributed by atoms with van der Waals surface area (Å²) in [4.78, 5) is 2.24. The lowest BCUT2D eigenvalue weighted by atomic mass is 9.84. The van der Waals surface area contributed by atoms with E-state index in [1.165, 1.54) is 22.3 Å². The standard InChI is InChI=1S/C21H32N2/c1-20(2,3)22-21(4,5)19-14-9-8-12-18(19)17-13-10-11-16(17)15-23(6)7/h8-12,14,22H,13,15H2,1-7H3. The number of hydrogen-bond donors (Lipinski definition) is 1. The highest BCUT2D eigenvalue weighted by molar-refractivity contribution is 5.77. The largest absolute Gasteiger partial charge is 0.305 e. The molecule has 0 atom stereocenters. The highest BCUT2D eigenvalue weighted by Crippen LogP contribution is 2.36. The Bertz CT molecular complexity index is 613. The number of allylic oxidation sites excluding steroid dienone is 2. The van der Waals surface area contributed by atoms with E-state index in [1.54, 1.807) is 0 Å². The molecule has 1 aliphatic rings. The lowest BCUT2D eigenvalue weighted by Crippen LogP contribution is -2.48. The molecule has 2 nitrogen and oxygen atoms in total. The smallest absolute Gasteiger partial charge is 0.0387 e. The molecule has 0 spiro atoms. The van der Waals surface area contributed by atoms with Gasteiger partial charge in [-0.05, 0) is 77.4 Å². The number of likely N-dealkylation sites (N-methyl/N-ethyl adjacent to an activating group) is 1.